The second kappa shape index (κ2) is 6.97. The highest BCUT2D eigenvalue weighted by atomic mass is 16.3. The third-order valence-electron chi connectivity index (χ3n) is 4.75. The molecule has 1 saturated carbocycles. The van der Waals surface area contributed by atoms with E-state index in [1.807, 2.05) is 42.5 Å². The molecule has 23 heavy (non-hydrogen) atoms. The number of nitrogens with zero attached hydrogens (tertiary/aromatic N) is 1. The van der Waals surface area contributed by atoms with Crippen LogP contribution < -0.4 is 0 Å². The quantitative estimate of drug-likeness (QED) is 0.938. The van der Waals surface area contributed by atoms with E-state index in [1.165, 1.54) is 0 Å². The van der Waals surface area contributed by atoms with Crippen molar-refractivity contribution in [3.8, 4) is 11.1 Å². The molecule has 0 saturated heterocycles. The van der Waals surface area contributed by atoms with Crippen molar-refractivity contribution in [3.05, 3.63) is 60.2 Å². The Hall–Kier alpha value is -2.13. The Morgan fingerprint density at radius 2 is 1.57 bits per heavy atom. The van der Waals surface area contributed by atoms with Gasteiger partial charge in [0, 0.05) is 12.6 Å². The molecule has 3 rings (SSSR count). The van der Waals surface area contributed by atoms with Gasteiger partial charge >= 0.3 is 0 Å². The lowest BCUT2D eigenvalue weighted by Gasteiger charge is -2.35. The summed E-state index contributed by atoms with van der Waals surface area (Å²) >= 11 is 0. The number of rotatable bonds is 3. The van der Waals surface area contributed by atoms with Crippen molar-refractivity contribution >= 4 is 5.91 Å². The Bertz CT molecular complexity index is 651. The van der Waals surface area contributed by atoms with Crippen LogP contribution in [-0.2, 0) is 0 Å². The minimum Gasteiger partial charge on any atom is -0.391 e. The molecule has 1 aliphatic rings. The highest BCUT2D eigenvalue weighted by Crippen LogP contribution is 2.24. The maximum Gasteiger partial charge on any atom is 0.253 e. The van der Waals surface area contributed by atoms with Crippen molar-refractivity contribution < 1.29 is 9.90 Å². The average Bonchev–Trinajstić information content (AvgIpc) is 2.62. The summed E-state index contributed by atoms with van der Waals surface area (Å²) in [6.45, 7) is 0. The fourth-order valence-electron chi connectivity index (χ4n) is 3.33. The first-order valence-electron chi connectivity index (χ1n) is 8.27. The molecule has 1 amide bonds. The molecule has 0 radical (unpaired) electrons. The summed E-state index contributed by atoms with van der Waals surface area (Å²) in [5.41, 5.74) is 2.91. The van der Waals surface area contributed by atoms with Gasteiger partial charge in [0.2, 0.25) is 0 Å². The molecule has 120 valence electrons. The highest BCUT2D eigenvalue weighted by Gasteiger charge is 2.29. The molecule has 1 N–H and O–H groups in total. The van der Waals surface area contributed by atoms with E-state index in [9.17, 15) is 9.90 Å². The van der Waals surface area contributed by atoms with Crippen molar-refractivity contribution in [2.24, 2.45) is 0 Å². The fraction of sp³-hybridized carbons (Fsp3) is 0.350. The second-order valence-electron chi connectivity index (χ2n) is 6.28. The SMILES string of the molecule is CN(C(=O)c1ccc(-c2ccccc2)cc1)[C@@H]1CCCC[C@H]1O. The zero-order valence-corrected chi connectivity index (χ0v) is 13.5. The molecule has 0 spiro atoms. The summed E-state index contributed by atoms with van der Waals surface area (Å²) in [6, 6.07) is 17.8. The van der Waals surface area contributed by atoms with Crippen LogP contribution in [-0.4, -0.2) is 35.1 Å². The molecule has 3 heteroatoms. The standard InChI is InChI=1S/C20H23NO2/c1-21(18-9-5-6-10-19(18)22)20(23)17-13-11-16(12-14-17)15-7-3-2-4-8-15/h2-4,7-8,11-14,18-19,22H,5-6,9-10H2,1H3/t18-,19-/m1/s1. The number of carbonyl (C=O) groups is 1. The number of carbonyl (C=O) groups excluding carboxylic acids is 1. The topological polar surface area (TPSA) is 40.5 Å². The van der Waals surface area contributed by atoms with Crippen LogP contribution in [0.15, 0.2) is 54.6 Å². The van der Waals surface area contributed by atoms with Gasteiger partial charge in [0.25, 0.3) is 5.91 Å². The monoisotopic (exact) mass is 309 g/mol. The number of aliphatic hydroxyl groups is 1. The van der Waals surface area contributed by atoms with Crippen molar-refractivity contribution in [2.75, 3.05) is 7.05 Å². The molecular weight excluding hydrogens is 286 g/mol. The Morgan fingerprint density at radius 3 is 2.22 bits per heavy atom. The fourth-order valence-corrected chi connectivity index (χ4v) is 3.33. The molecule has 3 nitrogen and oxygen atoms in total. The van der Waals surface area contributed by atoms with Gasteiger partial charge in [0.1, 0.15) is 0 Å². The van der Waals surface area contributed by atoms with E-state index in [4.69, 9.17) is 0 Å². The molecule has 1 aliphatic carbocycles. The smallest absolute Gasteiger partial charge is 0.253 e. The van der Waals surface area contributed by atoms with Gasteiger partial charge in [-0.1, -0.05) is 55.3 Å². The Labute approximate surface area is 137 Å². The molecule has 0 bridgehead atoms. The average molecular weight is 309 g/mol. The summed E-state index contributed by atoms with van der Waals surface area (Å²) in [7, 11) is 1.80. The van der Waals surface area contributed by atoms with Crippen LogP contribution >= 0.6 is 0 Å². The third-order valence-corrected chi connectivity index (χ3v) is 4.75. The lowest BCUT2D eigenvalue weighted by Crippen LogP contribution is -2.46. The van der Waals surface area contributed by atoms with Crippen LogP contribution in [0, 0.1) is 0 Å². The van der Waals surface area contributed by atoms with Gasteiger partial charge < -0.3 is 10.0 Å². The zero-order chi connectivity index (χ0) is 16.2. The first-order valence-corrected chi connectivity index (χ1v) is 8.27. The van der Waals surface area contributed by atoms with E-state index in [0.717, 1.165) is 36.8 Å². The van der Waals surface area contributed by atoms with Crippen LogP contribution in [0.3, 0.4) is 0 Å². The Balaban J connectivity index is 1.75. The van der Waals surface area contributed by atoms with Crippen molar-refractivity contribution in [1.82, 2.24) is 4.90 Å². The molecule has 2 atom stereocenters. The summed E-state index contributed by atoms with van der Waals surface area (Å²) < 4.78 is 0. The molecule has 0 aromatic heterocycles. The normalized spacial score (nSPS) is 21.0. The van der Waals surface area contributed by atoms with Gasteiger partial charge in [-0.25, -0.2) is 0 Å². The number of likely N-dealkylation sites (N-methyl/N-ethyl adjacent to an activating group) is 1. The van der Waals surface area contributed by atoms with Crippen LogP contribution in [0.5, 0.6) is 0 Å². The summed E-state index contributed by atoms with van der Waals surface area (Å²) in [5, 5.41) is 10.1. The molecular formula is C20H23NO2. The van der Waals surface area contributed by atoms with Crippen LogP contribution in [0.2, 0.25) is 0 Å². The Kier molecular flexibility index (Phi) is 4.77. The van der Waals surface area contributed by atoms with E-state index in [-0.39, 0.29) is 11.9 Å². The maximum absolute atomic E-state index is 12.7. The number of hydrogen-bond acceptors (Lipinski definition) is 2. The van der Waals surface area contributed by atoms with Gasteiger partial charge in [-0.15, -0.1) is 0 Å². The van der Waals surface area contributed by atoms with Gasteiger partial charge in [-0.05, 0) is 36.1 Å². The van der Waals surface area contributed by atoms with E-state index < -0.39 is 6.10 Å². The maximum atomic E-state index is 12.7. The van der Waals surface area contributed by atoms with Gasteiger partial charge in [-0.3, -0.25) is 4.79 Å². The second-order valence-corrected chi connectivity index (χ2v) is 6.28. The van der Waals surface area contributed by atoms with Crippen LogP contribution in [0.25, 0.3) is 11.1 Å². The van der Waals surface area contributed by atoms with Crippen molar-refractivity contribution in [1.29, 1.82) is 0 Å². The van der Waals surface area contributed by atoms with Gasteiger partial charge in [-0.2, -0.15) is 0 Å². The van der Waals surface area contributed by atoms with E-state index in [0.29, 0.717) is 5.56 Å². The summed E-state index contributed by atoms with van der Waals surface area (Å²) in [6.07, 6.45) is 3.39. The predicted molar refractivity (Wildman–Crippen MR) is 92.2 cm³/mol. The number of hydrogen-bond donors (Lipinski definition) is 1. The molecule has 1 fully saturated rings. The Morgan fingerprint density at radius 1 is 0.957 bits per heavy atom. The molecule has 0 heterocycles. The lowest BCUT2D eigenvalue weighted by atomic mass is 9.91. The minimum absolute atomic E-state index is 0.0180. The van der Waals surface area contributed by atoms with Gasteiger partial charge in [0.15, 0.2) is 0 Å². The number of benzene rings is 2. The molecule has 0 aliphatic heterocycles. The van der Waals surface area contributed by atoms with Crippen LogP contribution in [0.1, 0.15) is 36.0 Å². The first kappa shape index (κ1) is 15.8. The minimum atomic E-state index is -0.402. The summed E-state index contributed by atoms with van der Waals surface area (Å²) in [5.74, 6) is -0.0180. The number of aliphatic hydroxyl groups excluding tert-OH is 1. The zero-order valence-electron chi connectivity index (χ0n) is 13.5. The lowest BCUT2D eigenvalue weighted by molar-refractivity contribution is 0.0268. The van der Waals surface area contributed by atoms with E-state index in [2.05, 4.69) is 12.1 Å². The molecule has 0 unspecified atom stereocenters. The largest absolute Gasteiger partial charge is 0.391 e. The highest BCUT2D eigenvalue weighted by molar-refractivity contribution is 5.94. The van der Waals surface area contributed by atoms with E-state index in [1.54, 1.807) is 11.9 Å². The molecule has 2 aromatic carbocycles. The van der Waals surface area contributed by atoms with Crippen molar-refractivity contribution in [3.63, 3.8) is 0 Å². The van der Waals surface area contributed by atoms with Gasteiger partial charge in [0.05, 0.1) is 12.1 Å². The van der Waals surface area contributed by atoms with Crippen molar-refractivity contribution in [2.45, 2.75) is 37.8 Å². The van der Waals surface area contributed by atoms with E-state index >= 15 is 0 Å². The summed E-state index contributed by atoms with van der Waals surface area (Å²) in [4.78, 5) is 14.4. The molecule has 2 aromatic rings. The predicted octanol–water partition coefficient (Wildman–Crippen LogP) is 3.73. The van der Waals surface area contributed by atoms with Crippen LogP contribution in [0.4, 0.5) is 0 Å². The first-order chi connectivity index (χ1) is 11.2. The number of amides is 1. The third kappa shape index (κ3) is 3.45.